The normalized spacial score (nSPS) is 17.0. The number of piperidine rings is 1. The number of carboxylic acids is 1. The summed E-state index contributed by atoms with van der Waals surface area (Å²) >= 11 is 0. The minimum absolute atomic E-state index is 0.0594. The molecule has 0 spiro atoms. The topological polar surface area (TPSA) is 105 Å². The molecule has 1 unspecified atom stereocenters. The molecule has 0 aromatic rings. The molecule has 1 saturated heterocycles. The SMILES string of the molecule is COCCNC(=O)CC(C(=O)O)C1CCN(C(=O)OC(C)(C)C)CC1. The lowest BCUT2D eigenvalue weighted by atomic mass is 9.82. The number of carbonyl (C=O) groups is 3. The average molecular weight is 358 g/mol. The number of carboxylic acid groups (broad SMARTS) is 1. The summed E-state index contributed by atoms with van der Waals surface area (Å²) < 4.78 is 10.2. The van der Waals surface area contributed by atoms with Gasteiger partial charge in [-0.2, -0.15) is 0 Å². The van der Waals surface area contributed by atoms with Gasteiger partial charge in [0.15, 0.2) is 0 Å². The Balaban J connectivity index is 2.52. The molecule has 1 aliphatic heterocycles. The van der Waals surface area contributed by atoms with E-state index in [9.17, 15) is 19.5 Å². The van der Waals surface area contributed by atoms with E-state index in [1.807, 2.05) is 0 Å². The van der Waals surface area contributed by atoms with E-state index in [1.165, 1.54) is 7.11 Å². The largest absolute Gasteiger partial charge is 0.481 e. The van der Waals surface area contributed by atoms with Crippen molar-refractivity contribution in [3.05, 3.63) is 0 Å². The van der Waals surface area contributed by atoms with Crippen LogP contribution in [0.2, 0.25) is 0 Å². The molecule has 8 nitrogen and oxygen atoms in total. The predicted molar refractivity (Wildman–Crippen MR) is 91.2 cm³/mol. The Kier molecular flexibility index (Phi) is 8.15. The lowest BCUT2D eigenvalue weighted by molar-refractivity contribution is -0.146. The summed E-state index contributed by atoms with van der Waals surface area (Å²) in [5, 5.41) is 12.1. The lowest BCUT2D eigenvalue weighted by Gasteiger charge is -2.35. The molecule has 8 heteroatoms. The number of carbonyl (C=O) groups excluding carboxylic acids is 2. The van der Waals surface area contributed by atoms with Gasteiger partial charge in [-0.3, -0.25) is 9.59 Å². The Bertz CT molecular complexity index is 466. The van der Waals surface area contributed by atoms with Gasteiger partial charge in [0, 0.05) is 33.2 Å². The number of ether oxygens (including phenoxy) is 2. The first kappa shape index (κ1) is 21.2. The smallest absolute Gasteiger partial charge is 0.410 e. The maximum absolute atomic E-state index is 12.1. The summed E-state index contributed by atoms with van der Waals surface area (Å²) in [4.78, 5) is 37.1. The van der Waals surface area contributed by atoms with Gasteiger partial charge >= 0.3 is 12.1 Å². The van der Waals surface area contributed by atoms with Crippen LogP contribution in [0, 0.1) is 11.8 Å². The molecule has 1 rings (SSSR count). The number of hydrogen-bond acceptors (Lipinski definition) is 5. The minimum atomic E-state index is -0.974. The first-order valence-electron chi connectivity index (χ1n) is 8.60. The molecule has 0 aliphatic carbocycles. The Morgan fingerprint density at radius 3 is 2.32 bits per heavy atom. The molecule has 0 aromatic carbocycles. The highest BCUT2D eigenvalue weighted by Crippen LogP contribution is 2.28. The lowest BCUT2D eigenvalue weighted by Crippen LogP contribution is -2.44. The van der Waals surface area contributed by atoms with Crippen LogP contribution in [-0.4, -0.2) is 66.9 Å². The number of methoxy groups -OCH3 is 1. The first-order valence-corrected chi connectivity index (χ1v) is 8.60. The van der Waals surface area contributed by atoms with E-state index < -0.39 is 17.5 Å². The average Bonchev–Trinajstić information content (AvgIpc) is 2.51. The molecule has 1 fully saturated rings. The molecule has 0 bridgehead atoms. The fraction of sp³-hybridized carbons (Fsp3) is 0.824. The maximum atomic E-state index is 12.1. The van der Waals surface area contributed by atoms with Crippen molar-refractivity contribution in [1.82, 2.24) is 10.2 Å². The van der Waals surface area contributed by atoms with Crippen molar-refractivity contribution in [2.45, 2.75) is 45.6 Å². The fourth-order valence-corrected chi connectivity index (χ4v) is 2.83. The zero-order chi connectivity index (χ0) is 19.0. The molecule has 1 aliphatic rings. The quantitative estimate of drug-likeness (QED) is 0.668. The summed E-state index contributed by atoms with van der Waals surface area (Å²) in [6, 6.07) is 0. The number of nitrogens with zero attached hydrogens (tertiary/aromatic N) is 1. The van der Waals surface area contributed by atoms with E-state index >= 15 is 0 Å². The van der Waals surface area contributed by atoms with Crippen LogP contribution in [0.1, 0.15) is 40.0 Å². The number of aliphatic carboxylic acids is 1. The van der Waals surface area contributed by atoms with Crippen molar-refractivity contribution in [2.24, 2.45) is 11.8 Å². The van der Waals surface area contributed by atoms with Crippen LogP contribution in [0.3, 0.4) is 0 Å². The molecule has 25 heavy (non-hydrogen) atoms. The van der Waals surface area contributed by atoms with Gasteiger partial charge in [0.2, 0.25) is 5.91 Å². The van der Waals surface area contributed by atoms with Crippen LogP contribution >= 0.6 is 0 Å². The van der Waals surface area contributed by atoms with Crippen LogP contribution in [0.25, 0.3) is 0 Å². The third-order valence-corrected chi connectivity index (χ3v) is 4.11. The molecule has 2 N–H and O–H groups in total. The van der Waals surface area contributed by atoms with E-state index in [0.717, 1.165) is 0 Å². The highest BCUT2D eigenvalue weighted by molar-refractivity contribution is 5.82. The standard InChI is InChI=1S/C17H30N2O6/c1-17(2,3)25-16(23)19-8-5-12(6-9-19)13(15(21)22)11-14(20)18-7-10-24-4/h12-13H,5-11H2,1-4H3,(H,18,20)(H,21,22). The third kappa shape index (κ3) is 7.72. The molecule has 1 heterocycles. The molecule has 0 saturated carbocycles. The van der Waals surface area contributed by atoms with Crippen molar-refractivity contribution in [3.8, 4) is 0 Å². The van der Waals surface area contributed by atoms with E-state index in [0.29, 0.717) is 39.1 Å². The van der Waals surface area contributed by atoms with Gasteiger partial charge in [0.25, 0.3) is 0 Å². The van der Waals surface area contributed by atoms with Crippen LogP contribution in [0.4, 0.5) is 4.79 Å². The summed E-state index contributed by atoms with van der Waals surface area (Å²) in [5.41, 5.74) is -0.558. The second-order valence-electron chi connectivity index (χ2n) is 7.30. The van der Waals surface area contributed by atoms with Crippen LogP contribution in [-0.2, 0) is 19.1 Å². The van der Waals surface area contributed by atoms with Gasteiger partial charge in [-0.15, -0.1) is 0 Å². The molecule has 0 aromatic heterocycles. The maximum Gasteiger partial charge on any atom is 0.410 e. The zero-order valence-corrected chi connectivity index (χ0v) is 15.5. The van der Waals surface area contributed by atoms with Crippen molar-refractivity contribution < 1.29 is 29.0 Å². The highest BCUT2D eigenvalue weighted by Gasteiger charge is 2.35. The Hall–Kier alpha value is -1.83. The van der Waals surface area contributed by atoms with Gasteiger partial charge in [0.1, 0.15) is 5.60 Å². The Morgan fingerprint density at radius 2 is 1.84 bits per heavy atom. The van der Waals surface area contributed by atoms with E-state index in [4.69, 9.17) is 9.47 Å². The number of likely N-dealkylation sites (tertiary alicyclic amines) is 1. The summed E-state index contributed by atoms with van der Waals surface area (Å²) in [6.07, 6.45) is 0.648. The molecular weight excluding hydrogens is 328 g/mol. The van der Waals surface area contributed by atoms with Crippen LogP contribution in [0.5, 0.6) is 0 Å². The van der Waals surface area contributed by atoms with Crippen molar-refractivity contribution in [3.63, 3.8) is 0 Å². The number of nitrogens with one attached hydrogen (secondary N) is 1. The van der Waals surface area contributed by atoms with Crippen LogP contribution < -0.4 is 5.32 Å². The monoisotopic (exact) mass is 358 g/mol. The third-order valence-electron chi connectivity index (χ3n) is 4.11. The molecule has 0 radical (unpaired) electrons. The first-order chi connectivity index (χ1) is 11.6. The number of amides is 2. The summed E-state index contributed by atoms with van der Waals surface area (Å²) in [7, 11) is 1.53. The second-order valence-corrected chi connectivity index (χ2v) is 7.30. The van der Waals surface area contributed by atoms with E-state index in [2.05, 4.69) is 5.32 Å². The van der Waals surface area contributed by atoms with Gasteiger partial charge in [0.05, 0.1) is 12.5 Å². The number of rotatable bonds is 7. The molecule has 144 valence electrons. The Labute approximate surface area is 148 Å². The van der Waals surface area contributed by atoms with Gasteiger partial charge in [-0.25, -0.2) is 4.79 Å². The van der Waals surface area contributed by atoms with Gasteiger partial charge in [-0.1, -0.05) is 0 Å². The van der Waals surface area contributed by atoms with Crippen molar-refractivity contribution in [2.75, 3.05) is 33.4 Å². The molecular formula is C17H30N2O6. The summed E-state index contributed by atoms with van der Waals surface area (Å²) in [5.74, 6) is -2.15. The van der Waals surface area contributed by atoms with Gasteiger partial charge < -0.3 is 24.8 Å². The van der Waals surface area contributed by atoms with E-state index in [-0.39, 0.29) is 24.3 Å². The van der Waals surface area contributed by atoms with Crippen LogP contribution in [0.15, 0.2) is 0 Å². The molecule has 2 amide bonds. The minimum Gasteiger partial charge on any atom is -0.481 e. The Morgan fingerprint density at radius 1 is 1.24 bits per heavy atom. The number of hydrogen-bond donors (Lipinski definition) is 2. The van der Waals surface area contributed by atoms with Gasteiger partial charge in [-0.05, 0) is 39.5 Å². The van der Waals surface area contributed by atoms with Crippen molar-refractivity contribution in [1.29, 1.82) is 0 Å². The summed E-state index contributed by atoms with van der Waals surface area (Å²) in [6.45, 7) is 7.04. The second kappa shape index (κ2) is 9.60. The van der Waals surface area contributed by atoms with E-state index in [1.54, 1.807) is 25.7 Å². The zero-order valence-electron chi connectivity index (χ0n) is 15.5. The molecule has 1 atom stereocenters. The highest BCUT2D eigenvalue weighted by atomic mass is 16.6. The predicted octanol–water partition coefficient (Wildman–Crippen LogP) is 1.49. The fourth-order valence-electron chi connectivity index (χ4n) is 2.83. The van der Waals surface area contributed by atoms with Crippen molar-refractivity contribution >= 4 is 18.0 Å².